The number of hydrogen-bond donors (Lipinski definition) is 1. The van der Waals surface area contributed by atoms with Crippen LogP contribution < -0.4 is 5.32 Å². The normalized spacial score (nSPS) is 16.2. The quantitative estimate of drug-likeness (QED) is 0.635. The second-order valence-electron chi connectivity index (χ2n) is 8.34. The van der Waals surface area contributed by atoms with Crippen LogP contribution in [0, 0.1) is 5.82 Å². The fourth-order valence-electron chi connectivity index (χ4n) is 4.02. The first kappa shape index (κ1) is 24.2. The summed E-state index contributed by atoms with van der Waals surface area (Å²) >= 11 is 0. The standard InChI is InChI=1S/C26H29FN2O4/c1-5-33-26(32)24-17(4)29(23(30)14-22(24)19-9-7-11-21(27)13-19)15-18-8-6-10-20(12-18)25(31)28-16(2)3/h6-13,16,22H,5,14-15H2,1-4H3,(H,28,31). The van der Waals surface area contributed by atoms with Gasteiger partial charge in [0.05, 0.1) is 18.7 Å². The van der Waals surface area contributed by atoms with Crippen LogP contribution >= 0.6 is 0 Å². The molecule has 0 radical (unpaired) electrons. The summed E-state index contributed by atoms with van der Waals surface area (Å²) in [5.74, 6) is -1.92. The molecule has 1 heterocycles. The van der Waals surface area contributed by atoms with Crippen molar-refractivity contribution in [3.63, 3.8) is 0 Å². The van der Waals surface area contributed by atoms with Crippen molar-refractivity contribution in [3.8, 4) is 0 Å². The predicted octanol–water partition coefficient (Wildman–Crippen LogP) is 4.32. The molecule has 6 nitrogen and oxygen atoms in total. The maximum absolute atomic E-state index is 13.9. The maximum Gasteiger partial charge on any atom is 0.336 e. The number of carbonyl (C=O) groups excluding carboxylic acids is 3. The van der Waals surface area contributed by atoms with Crippen molar-refractivity contribution in [3.05, 3.63) is 82.3 Å². The lowest BCUT2D eigenvalue weighted by Gasteiger charge is -2.34. The van der Waals surface area contributed by atoms with E-state index in [-0.39, 0.29) is 37.4 Å². The summed E-state index contributed by atoms with van der Waals surface area (Å²) in [6, 6.07) is 13.0. The molecule has 1 unspecified atom stereocenters. The number of carbonyl (C=O) groups is 3. The lowest BCUT2D eigenvalue weighted by molar-refractivity contribution is -0.140. The highest BCUT2D eigenvalue weighted by atomic mass is 19.1. The molecular formula is C26H29FN2O4. The van der Waals surface area contributed by atoms with Crippen LogP contribution in [0.15, 0.2) is 59.8 Å². The van der Waals surface area contributed by atoms with E-state index in [0.29, 0.717) is 22.4 Å². The van der Waals surface area contributed by atoms with Crippen LogP contribution in [0.2, 0.25) is 0 Å². The number of amides is 2. The van der Waals surface area contributed by atoms with Crippen LogP contribution in [0.3, 0.4) is 0 Å². The van der Waals surface area contributed by atoms with Crippen molar-refractivity contribution in [1.29, 1.82) is 0 Å². The third-order valence-electron chi connectivity index (χ3n) is 5.52. The average molecular weight is 453 g/mol. The lowest BCUT2D eigenvalue weighted by atomic mass is 9.83. The van der Waals surface area contributed by atoms with E-state index in [2.05, 4.69) is 5.32 Å². The number of hydrogen-bond acceptors (Lipinski definition) is 4. The molecule has 2 aromatic rings. The van der Waals surface area contributed by atoms with Gasteiger partial charge in [-0.25, -0.2) is 9.18 Å². The van der Waals surface area contributed by atoms with E-state index < -0.39 is 17.7 Å². The number of halogens is 1. The van der Waals surface area contributed by atoms with Gasteiger partial charge < -0.3 is 15.0 Å². The van der Waals surface area contributed by atoms with E-state index in [0.717, 1.165) is 5.56 Å². The van der Waals surface area contributed by atoms with Gasteiger partial charge in [0.1, 0.15) is 5.82 Å². The van der Waals surface area contributed by atoms with Gasteiger partial charge in [-0.15, -0.1) is 0 Å². The van der Waals surface area contributed by atoms with E-state index in [9.17, 15) is 18.8 Å². The molecule has 1 aliphatic rings. The summed E-state index contributed by atoms with van der Waals surface area (Å²) in [4.78, 5) is 39.9. The van der Waals surface area contributed by atoms with Gasteiger partial charge in [0, 0.05) is 29.6 Å². The smallest absolute Gasteiger partial charge is 0.336 e. The van der Waals surface area contributed by atoms with Crippen LogP contribution in [0.5, 0.6) is 0 Å². The van der Waals surface area contributed by atoms with Crippen molar-refractivity contribution in [2.75, 3.05) is 6.61 Å². The summed E-state index contributed by atoms with van der Waals surface area (Å²) in [5.41, 5.74) is 2.62. The molecule has 0 aliphatic carbocycles. The summed E-state index contributed by atoms with van der Waals surface area (Å²) in [5, 5.41) is 2.85. The van der Waals surface area contributed by atoms with Crippen LogP contribution in [-0.4, -0.2) is 35.3 Å². The maximum atomic E-state index is 13.9. The molecule has 7 heteroatoms. The zero-order valence-electron chi connectivity index (χ0n) is 19.4. The Morgan fingerprint density at radius 3 is 2.58 bits per heavy atom. The van der Waals surface area contributed by atoms with Gasteiger partial charge in [0.15, 0.2) is 0 Å². The Morgan fingerprint density at radius 2 is 1.91 bits per heavy atom. The van der Waals surface area contributed by atoms with Crippen molar-refractivity contribution in [1.82, 2.24) is 10.2 Å². The Morgan fingerprint density at radius 1 is 1.18 bits per heavy atom. The van der Waals surface area contributed by atoms with E-state index in [1.807, 2.05) is 19.9 Å². The summed E-state index contributed by atoms with van der Waals surface area (Å²) < 4.78 is 19.2. The molecule has 1 atom stereocenters. The Balaban J connectivity index is 1.97. The number of allylic oxidation sites excluding steroid dienone is 1. The van der Waals surface area contributed by atoms with Crippen molar-refractivity contribution < 1.29 is 23.5 Å². The fraction of sp³-hybridized carbons (Fsp3) is 0.346. The third-order valence-corrected chi connectivity index (χ3v) is 5.52. The molecular weight excluding hydrogens is 423 g/mol. The highest BCUT2D eigenvalue weighted by molar-refractivity contribution is 5.96. The van der Waals surface area contributed by atoms with E-state index in [1.165, 1.54) is 17.0 Å². The van der Waals surface area contributed by atoms with Gasteiger partial charge in [0.2, 0.25) is 5.91 Å². The highest BCUT2D eigenvalue weighted by Gasteiger charge is 2.37. The van der Waals surface area contributed by atoms with E-state index >= 15 is 0 Å². The molecule has 0 bridgehead atoms. The van der Waals surface area contributed by atoms with E-state index in [1.54, 1.807) is 44.2 Å². The molecule has 0 saturated heterocycles. The SMILES string of the molecule is CCOC(=O)C1=C(C)N(Cc2cccc(C(=O)NC(C)C)c2)C(=O)CC1c1cccc(F)c1. The molecule has 3 rings (SSSR count). The number of ether oxygens (including phenoxy) is 1. The van der Waals surface area contributed by atoms with Crippen molar-refractivity contribution in [2.24, 2.45) is 0 Å². The summed E-state index contributed by atoms with van der Waals surface area (Å²) in [6.07, 6.45) is 0.0163. The number of rotatable bonds is 7. The summed E-state index contributed by atoms with van der Waals surface area (Å²) in [7, 11) is 0. The Bertz CT molecular complexity index is 1090. The molecule has 0 aromatic heterocycles. The zero-order chi connectivity index (χ0) is 24.1. The minimum Gasteiger partial charge on any atom is -0.463 e. The molecule has 0 spiro atoms. The number of esters is 1. The number of benzene rings is 2. The van der Waals surface area contributed by atoms with Crippen LogP contribution in [-0.2, 0) is 20.9 Å². The van der Waals surface area contributed by atoms with Gasteiger partial charge in [-0.1, -0.05) is 24.3 Å². The molecule has 0 saturated carbocycles. The van der Waals surface area contributed by atoms with Gasteiger partial charge in [-0.3, -0.25) is 9.59 Å². The van der Waals surface area contributed by atoms with Crippen LogP contribution in [0.25, 0.3) is 0 Å². The van der Waals surface area contributed by atoms with Gasteiger partial charge in [-0.2, -0.15) is 0 Å². The summed E-state index contributed by atoms with van der Waals surface area (Å²) in [6.45, 7) is 7.57. The van der Waals surface area contributed by atoms with Crippen molar-refractivity contribution in [2.45, 2.75) is 52.6 Å². The third kappa shape index (κ3) is 5.66. The lowest BCUT2D eigenvalue weighted by Crippen LogP contribution is -2.38. The Labute approximate surface area is 193 Å². The first-order chi connectivity index (χ1) is 15.7. The Hall–Kier alpha value is -3.48. The van der Waals surface area contributed by atoms with Crippen molar-refractivity contribution >= 4 is 17.8 Å². The molecule has 0 fully saturated rings. The molecule has 33 heavy (non-hydrogen) atoms. The number of nitrogens with one attached hydrogen (secondary N) is 1. The van der Waals surface area contributed by atoms with Gasteiger partial charge >= 0.3 is 5.97 Å². The van der Waals surface area contributed by atoms with Gasteiger partial charge in [0.25, 0.3) is 5.91 Å². The first-order valence-electron chi connectivity index (χ1n) is 11.0. The number of nitrogens with zero attached hydrogens (tertiary/aromatic N) is 1. The topological polar surface area (TPSA) is 75.7 Å². The van der Waals surface area contributed by atoms with Gasteiger partial charge in [-0.05, 0) is 63.1 Å². The molecule has 2 aromatic carbocycles. The first-order valence-corrected chi connectivity index (χ1v) is 11.0. The Kier molecular flexibility index (Phi) is 7.63. The van der Waals surface area contributed by atoms with Crippen LogP contribution in [0.1, 0.15) is 61.5 Å². The molecule has 2 amide bonds. The predicted molar refractivity (Wildman–Crippen MR) is 123 cm³/mol. The largest absolute Gasteiger partial charge is 0.463 e. The van der Waals surface area contributed by atoms with E-state index in [4.69, 9.17) is 4.74 Å². The second-order valence-corrected chi connectivity index (χ2v) is 8.34. The average Bonchev–Trinajstić information content (AvgIpc) is 2.76. The minimum absolute atomic E-state index is 0.00176. The molecule has 1 aliphatic heterocycles. The minimum atomic E-state index is -0.591. The zero-order valence-corrected chi connectivity index (χ0v) is 19.4. The molecule has 174 valence electrons. The highest BCUT2D eigenvalue weighted by Crippen LogP contribution is 2.38. The fourth-order valence-corrected chi connectivity index (χ4v) is 4.02. The monoisotopic (exact) mass is 452 g/mol. The second kappa shape index (κ2) is 10.4. The molecule has 1 N–H and O–H groups in total. The van der Waals surface area contributed by atoms with Crippen LogP contribution in [0.4, 0.5) is 4.39 Å².